The van der Waals surface area contributed by atoms with Gasteiger partial charge < -0.3 is 15.3 Å². The minimum Gasteiger partial charge on any atom is -0.390 e. The van der Waals surface area contributed by atoms with Crippen molar-refractivity contribution in [1.29, 1.82) is 0 Å². The average molecular weight is 242 g/mol. The molecule has 1 amide bonds. The number of rotatable bonds is 8. The maximum Gasteiger partial charge on any atom is 0.223 e. The van der Waals surface area contributed by atoms with Gasteiger partial charge in [-0.3, -0.25) is 4.79 Å². The zero-order chi connectivity index (χ0) is 12.7. The summed E-state index contributed by atoms with van der Waals surface area (Å²) in [5.74, 6) is 0.710. The van der Waals surface area contributed by atoms with Crippen LogP contribution in [0, 0.1) is 5.92 Å². The molecule has 1 heterocycles. The van der Waals surface area contributed by atoms with E-state index in [1.165, 1.54) is 0 Å². The molecule has 0 aromatic rings. The summed E-state index contributed by atoms with van der Waals surface area (Å²) in [7, 11) is 0. The van der Waals surface area contributed by atoms with Crippen LogP contribution in [-0.2, 0) is 4.79 Å². The number of nitrogens with one attached hydrogen (secondary N) is 1. The zero-order valence-electron chi connectivity index (χ0n) is 11.1. The molecule has 0 aliphatic carbocycles. The van der Waals surface area contributed by atoms with Crippen molar-refractivity contribution in [3.8, 4) is 0 Å². The lowest BCUT2D eigenvalue weighted by Gasteiger charge is -2.20. The summed E-state index contributed by atoms with van der Waals surface area (Å²) in [5, 5.41) is 13.0. The highest BCUT2D eigenvalue weighted by molar-refractivity contribution is 5.78. The molecule has 2 unspecified atom stereocenters. The standard InChI is InChI=1S/C13H26N2O2/c1-3-5-11-7-13(17)15(9-11)10-12(16)8-14-6-4-2/h11-12,14,16H,3-10H2,1-2H3. The molecule has 17 heavy (non-hydrogen) atoms. The highest BCUT2D eigenvalue weighted by Crippen LogP contribution is 2.21. The lowest BCUT2D eigenvalue weighted by Crippen LogP contribution is -2.39. The van der Waals surface area contributed by atoms with E-state index in [0.29, 0.717) is 25.4 Å². The molecule has 2 atom stereocenters. The van der Waals surface area contributed by atoms with E-state index in [0.717, 1.165) is 32.4 Å². The quantitative estimate of drug-likeness (QED) is 0.624. The third-order valence-electron chi connectivity index (χ3n) is 3.23. The lowest BCUT2D eigenvalue weighted by atomic mass is 10.0. The molecule has 100 valence electrons. The van der Waals surface area contributed by atoms with Crippen molar-refractivity contribution in [3.63, 3.8) is 0 Å². The van der Waals surface area contributed by atoms with E-state index < -0.39 is 6.10 Å². The number of nitrogens with zero attached hydrogens (tertiary/aromatic N) is 1. The van der Waals surface area contributed by atoms with Crippen LogP contribution in [0.15, 0.2) is 0 Å². The summed E-state index contributed by atoms with van der Waals surface area (Å²) in [5.41, 5.74) is 0. The Morgan fingerprint density at radius 2 is 2.24 bits per heavy atom. The van der Waals surface area contributed by atoms with Crippen LogP contribution in [0.4, 0.5) is 0 Å². The van der Waals surface area contributed by atoms with E-state index in [4.69, 9.17) is 0 Å². The Hall–Kier alpha value is -0.610. The molecule has 4 heteroatoms. The highest BCUT2D eigenvalue weighted by atomic mass is 16.3. The minimum atomic E-state index is -0.439. The van der Waals surface area contributed by atoms with Gasteiger partial charge in [-0.15, -0.1) is 0 Å². The van der Waals surface area contributed by atoms with Gasteiger partial charge in [0.1, 0.15) is 0 Å². The smallest absolute Gasteiger partial charge is 0.223 e. The molecule has 0 spiro atoms. The monoisotopic (exact) mass is 242 g/mol. The first kappa shape index (κ1) is 14.5. The van der Waals surface area contributed by atoms with Crippen LogP contribution >= 0.6 is 0 Å². The van der Waals surface area contributed by atoms with Gasteiger partial charge in [-0.1, -0.05) is 20.3 Å². The topological polar surface area (TPSA) is 52.6 Å². The van der Waals surface area contributed by atoms with Crippen LogP contribution in [-0.4, -0.2) is 48.2 Å². The van der Waals surface area contributed by atoms with E-state index >= 15 is 0 Å². The van der Waals surface area contributed by atoms with Crippen LogP contribution < -0.4 is 5.32 Å². The van der Waals surface area contributed by atoms with Crippen molar-refractivity contribution in [2.45, 2.75) is 45.6 Å². The molecule has 4 nitrogen and oxygen atoms in total. The summed E-state index contributed by atoms with van der Waals surface area (Å²) in [4.78, 5) is 13.5. The largest absolute Gasteiger partial charge is 0.390 e. The molecule has 1 aliphatic heterocycles. The molecular formula is C13H26N2O2. The van der Waals surface area contributed by atoms with Crippen molar-refractivity contribution < 1.29 is 9.90 Å². The predicted octanol–water partition coefficient (Wildman–Crippen LogP) is 0.995. The normalized spacial score (nSPS) is 22.2. The Kier molecular flexibility index (Phi) is 6.52. The zero-order valence-corrected chi connectivity index (χ0v) is 11.1. The number of likely N-dealkylation sites (tertiary alicyclic amines) is 1. The number of carbonyl (C=O) groups is 1. The fourth-order valence-corrected chi connectivity index (χ4v) is 2.40. The molecule has 1 rings (SSSR count). The Labute approximate surface area is 104 Å². The highest BCUT2D eigenvalue weighted by Gasteiger charge is 2.29. The van der Waals surface area contributed by atoms with Crippen molar-refractivity contribution in [2.24, 2.45) is 5.92 Å². The van der Waals surface area contributed by atoms with Gasteiger partial charge in [0.2, 0.25) is 5.91 Å². The summed E-state index contributed by atoms with van der Waals surface area (Å²) in [6, 6.07) is 0. The Balaban J connectivity index is 2.24. The number of aliphatic hydroxyl groups is 1. The van der Waals surface area contributed by atoms with Gasteiger partial charge in [0.25, 0.3) is 0 Å². The first-order valence-electron chi connectivity index (χ1n) is 6.83. The third kappa shape index (κ3) is 5.04. The van der Waals surface area contributed by atoms with Crippen LogP contribution in [0.2, 0.25) is 0 Å². The summed E-state index contributed by atoms with van der Waals surface area (Å²) < 4.78 is 0. The molecule has 1 aliphatic rings. The molecule has 0 saturated carbocycles. The fraction of sp³-hybridized carbons (Fsp3) is 0.923. The van der Waals surface area contributed by atoms with Gasteiger partial charge in [-0.2, -0.15) is 0 Å². The summed E-state index contributed by atoms with van der Waals surface area (Å²) in [6.45, 7) is 7.06. The van der Waals surface area contributed by atoms with Gasteiger partial charge in [0, 0.05) is 26.1 Å². The van der Waals surface area contributed by atoms with Gasteiger partial charge in [0.05, 0.1) is 6.10 Å². The van der Waals surface area contributed by atoms with Crippen molar-refractivity contribution >= 4 is 5.91 Å². The fourth-order valence-electron chi connectivity index (χ4n) is 2.40. The first-order chi connectivity index (χ1) is 8.17. The lowest BCUT2D eigenvalue weighted by molar-refractivity contribution is -0.128. The molecule has 1 saturated heterocycles. The molecular weight excluding hydrogens is 216 g/mol. The van der Waals surface area contributed by atoms with E-state index in [2.05, 4.69) is 19.2 Å². The van der Waals surface area contributed by atoms with E-state index in [1.807, 2.05) is 4.90 Å². The van der Waals surface area contributed by atoms with Crippen LogP contribution in [0.3, 0.4) is 0 Å². The SMILES string of the molecule is CCCNCC(O)CN1CC(CCC)CC1=O. The summed E-state index contributed by atoms with van der Waals surface area (Å²) in [6.07, 6.45) is 3.54. The third-order valence-corrected chi connectivity index (χ3v) is 3.23. The number of β-amino-alcohol motifs (C(OH)–C–C–N with tert-alkyl or cyclic N) is 1. The molecule has 1 fully saturated rings. The summed E-state index contributed by atoms with van der Waals surface area (Å²) >= 11 is 0. The molecule has 2 N–H and O–H groups in total. The Morgan fingerprint density at radius 1 is 1.47 bits per heavy atom. The minimum absolute atomic E-state index is 0.206. The van der Waals surface area contributed by atoms with Gasteiger partial charge in [-0.25, -0.2) is 0 Å². The Bertz CT molecular complexity index is 233. The Morgan fingerprint density at radius 3 is 2.88 bits per heavy atom. The van der Waals surface area contributed by atoms with Crippen molar-refractivity contribution in [1.82, 2.24) is 10.2 Å². The predicted molar refractivity (Wildman–Crippen MR) is 68.8 cm³/mol. The van der Waals surface area contributed by atoms with Crippen LogP contribution in [0.5, 0.6) is 0 Å². The number of hydrogen-bond donors (Lipinski definition) is 2. The second-order valence-electron chi connectivity index (χ2n) is 5.02. The second kappa shape index (κ2) is 7.67. The molecule has 0 bridgehead atoms. The second-order valence-corrected chi connectivity index (χ2v) is 5.02. The first-order valence-corrected chi connectivity index (χ1v) is 6.83. The van der Waals surface area contributed by atoms with Crippen molar-refractivity contribution in [2.75, 3.05) is 26.2 Å². The maximum atomic E-state index is 11.7. The van der Waals surface area contributed by atoms with Crippen molar-refractivity contribution in [3.05, 3.63) is 0 Å². The van der Waals surface area contributed by atoms with E-state index in [9.17, 15) is 9.90 Å². The van der Waals surface area contributed by atoms with Crippen LogP contribution in [0.1, 0.15) is 39.5 Å². The van der Waals surface area contributed by atoms with Crippen LogP contribution in [0.25, 0.3) is 0 Å². The molecule has 0 aromatic heterocycles. The molecule has 0 radical (unpaired) electrons. The number of aliphatic hydroxyl groups excluding tert-OH is 1. The average Bonchev–Trinajstić information content (AvgIpc) is 2.60. The number of carbonyl (C=O) groups excluding carboxylic acids is 1. The van der Waals surface area contributed by atoms with Gasteiger partial charge in [0.15, 0.2) is 0 Å². The molecule has 0 aromatic carbocycles. The maximum absolute atomic E-state index is 11.7. The number of hydrogen-bond acceptors (Lipinski definition) is 3. The van der Waals surface area contributed by atoms with E-state index in [1.54, 1.807) is 0 Å². The van der Waals surface area contributed by atoms with E-state index in [-0.39, 0.29) is 5.91 Å². The van der Waals surface area contributed by atoms with Gasteiger partial charge >= 0.3 is 0 Å². The van der Waals surface area contributed by atoms with Gasteiger partial charge in [-0.05, 0) is 25.3 Å². The number of amides is 1.